The molecular weight excluding hydrogens is 294 g/mol. The number of carbonyl (C=O) groups is 2. The van der Waals surface area contributed by atoms with Crippen molar-refractivity contribution in [1.29, 1.82) is 0 Å². The van der Waals surface area contributed by atoms with Gasteiger partial charge in [-0.3, -0.25) is 4.79 Å². The maximum Gasteiger partial charge on any atom is 0.339 e. The molecule has 2 atom stereocenters. The van der Waals surface area contributed by atoms with Gasteiger partial charge in [0.15, 0.2) is 0 Å². The number of benzene rings is 1. The summed E-state index contributed by atoms with van der Waals surface area (Å²) in [4.78, 5) is 23.8. The van der Waals surface area contributed by atoms with Gasteiger partial charge in [-0.1, -0.05) is 17.7 Å². The van der Waals surface area contributed by atoms with Crippen LogP contribution in [0.1, 0.15) is 22.3 Å². The summed E-state index contributed by atoms with van der Waals surface area (Å²) < 4.78 is 10.00. The zero-order valence-corrected chi connectivity index (χ0v) is 12.4. The van der Waals surface area contributed by atoms with Crippen molar-refractivity contribution in [1.82, 2.24) is 5.32 Å². The van der Waals surface area contributed by atoms with Crippen LogP contribution in [0.15, 0.2) is 18.2 Å². The van der Waals surface area contributed by atoms with Crippen LogP contribution in [-0.2, 0) is 20.8 Å². The third-order valence-corrected chi connectivity index (χ3v) is 4.58. The van der Waals surface area contributed by atoms with E-state index in [1.165, 1.54) is 7.11 Å². The molecule has 2 aliphatic rings. The van der Waals surface area contributed by atoms with Gasteiger partial charge in [0.1, 0.15) is 0 Å². The fraction of sp³-hybridized carbons (Fsp3) is 0.467. The Kier molecular flexibility index (Phi) is 3.63. The molecule has 1 aliphatic heterocycles. The van der Waals surface area contributed by atoms with Crippen molar-refractivity contribution in [2.75, 3.05) is 20.3 Å². The minimum absolute atomic E-state index is 0.0274. The van der Waals surface area contributed by atoms with E-state index >= 15 is 0 Å². The molecule has 0 spiro atoms. The third-order valence-electron chi connectivity index (χ3n) is 4.25. The van der Waals surface area contributed by atoms with Gasteiger partial charge in [-0.15, -0.1) is 0 Å². The van der Waals surface area contributed by atoms with Crippen LogP contribution >= 0.6 is 11.6 Å². The Labute approximate surface area is 127 Å². The predicted molar refractivity (Wildman–Crippen MR) is 76.0 cm³/mol. The Morgan fingerprint density at radius 2 is 2.33 bits per heavy atom. The number of ether oxygens (including phenoxy) is 2. The van der Waals surface area contributed by atoms with E-state index in [2.05, 4.69) is 10.1 Å². The minimum Gasteiger partial charge on any atom is -0.465 e. The first-order chi connectivity index (χ1) is 10.1. The highest BCUT2D eigenvalue weighted by atomic mass is 35.5. The molecule has 1 aliphatic carbocycles. The summed E-state index contributed by atoms with van der Waals surface area (Å²) in [6.07, 6.45) is 0.910. The number of methoxy groups -OCH3 is 1. The molecule has 1 N–H and O–H groups in total. The number of fused-ring (bicyclic) bond motifs is 1. The second-order valence-electron chi connectivity index (χ2n) is 5.56. The first-order valence-electron chi connectivity index (χ1n) is 6.79. The molecule has 1 aromatic rings. The summed E-state index contributed by atoms with van der Waals surface area (Å²) in [6, 6.07) is 5.05. The van der Waals surface area contributed by atoms with Crippen LogP contribution < -0.4 is 5.32 Å². The highest BCUT2D eigenvalue weighted by Crippen LogP contribution is 2.56. The highest BCUT2D eigenvalue weighted by molar-refractivity contribution is 6.33. The van der Waals surface area contributed by atoms with Gasteiger partial charge in [-0.05, 0) is 24.1 Å². The molecule has 2 unspecified atom stereocenters. The van der Waals surface area contributed by atoms with Crippen molar-refractivity contribution >= 4 is 23.5 Å². The summed E-state index contributed by atoms with van der Waals surface area (Å²) in [5, 5.41) is 3.25. The molecule has 1 heterocycles. The van der Waals surface area contributed by atoms with Gasteiger partial charge in [0.05, 0.1) is 36.3 Å². The van der Waals surface area contributed by atoms with E-state index in [-0.39, 0.29) is 11.3 Å². The predicted octanol–water partition coefficient (Wildman–Crippen LogP) is 1.78. The van der Waals surface area contributed by atoms with Gasteiger partial charge >= 0.3 is 5.97 Å². The molecule has 1 saturated carbocycles. The van der Waals surface area contributed by atoms with Crippen LogP contribution in [0.25, 0.3) is 0 Å². The monoisotopic (exact) mass is 309 g/mol. The van der Waals surface area contributed by atoms with Crippen molar-refractivity contribution in [2.24, 2.45) is 11.3 Å². The van der Waals surface area contributed by atoms with Crippen LogP contribution in [0, 0.1) is 11.3 Å². The number of carbonyl (C=O) groups excluding carboxylic acids is 2. The van der Waals surface area contributed by atoms with Gasteiger partial charge < -0.3 is 14.8 Å². The molecule has 2 fully saturated rings. The highest BCUT2D eigenvalue weighted by Gasteiger charge is 2.63. The van der Waals surface area contributed by atoms with Crippen molar-refractivity contribution in [3.05, 3.63) is 34.3 Å². The standard InChI is InChI=1S/C15H16ClNO4/c1-20-13(18)11-4-9(2-3-12(11)16)6-17-14(19)15-5-10(15)7-21-8-15/h2-4,10H,5-8H2,1H3,(H,17,19). The summed E-state index contributed by atoms with van der Waals surface area (Å²) >= 11 is 5.96. The second-order valence-corrected chi connectivity index (χ2v) is 5.97. The zero-order chi connectivity index (χ0) is 15.0. The molecule has 6 heteroatoms. The van der Waals surface area contributed by atoms with Crippen LogP contribution in [0.5, 0.6) is 0 Å². The maximum absolute atomic E-state index is 12.2. The number of hydrogen-bond donors (Lipinski definition) is 1. The molecule has 0 bridgehead atoms. The van der Waals surface area contributed by atoms with E-state index in [1.54, 1.807) is 18.2 Å². The summed E-state index contributed by atoms with van der Waals surface area (Å²) in [7, 11) is 1.31. The zero-order valence-electron chi connectivity index (χ0n) is 11.6. The Morgan fingerprint density at radius 1 is 1.52 bits per heavy atom. The number of rotatable bonds is 4. The van der Waals surface area contributed by atoms with Gasteiger partial charge in [-0.2, -0.15) is 0 Å². The average molecular weight is 310 g/mol. The lowest BCUT2D eigenvalue weighted by Crippen LogP contribution is -2.33. The molecule has 0 radical (unpaired) electrons. The van der Waals surface area contributed by atoms with Gasteiger partial charge in [0.2, 0.25) is 5.91 Å². The molecule has 1 saturated heterocycles. The molecule has 21 heavy (non-hydrogen) atoms. The van der Waals surface area contributed by atoms with E-state index in [0.717, 1.165) is 12.0 Å². The topological polar surface area (TPSA) is 64.6 Å². The minimum atomic E-state index is -0.488. The van der Waals surface area contributed by atoms with Crippen molar-refractivity contribution in [2.45, 2.75) is 13.0 Å². The largest absolute Gasteiger partial charge is 0.465 e. The van der Waals surface area contributed by atoms with Gasteiger partial charge in [0, 0.05) is 12.5 Å². The first-order valence-corrected chi connectivity index (χ1v) is 7.17. The summed E-state index contributed by atoms with van der Waals surface area (Å²) in [5.41, 5.74) is 0.802. The molecular formula is C15H16ClNO4. The first kappa shape index (κ1) is 14.4. The number of nitrogens with one attached hydrogen (secondary N) is 1. The number of esters is 1. The van der Waals surface area contributed by atoms with E-state index in [1.807, 2.05) is 0 Å². The number of hydrogen-bond acceptors (Lipinski definition) is 4. The quantitative estimate of drug-likeness (QED) is 0.861. The number of halogens is 1. The molecule has 3 rings (SSSR count). The van der Waals surface area contributed by atoms with E-state index < -0.39 is 5.97 Å². The summed E-state index contributed by atoms with van der Waals surface area (Å²) in [5.74, 6) is -0.0915. The van der Waals surface area contributed by atoms with Crippen LogP contribution in [-0.4, -0.2) is 32.2 Å². The SMILES string of the molecule is COC(=O)c1cc(CNC(=O)C23COCC2C3)ccc1Cl. The Balaban J connectivity index is 1.66. The molecule has 0 aromatic heterocycles. The van der Waals surface area contributed by atoms with Gasteiger partial charge in [0.25, 0.3) is 0 Å². The fourth-order valence-corrected chi connectivity index (χ4v) is 3.00. The van der Waals surface area contributed by atoms with Crippen LogP contribution in [0.2, 0.25) is 5.02 Å². The second kappa shape index (κ2) is 5.31. The molecule has 1 aromatic carbocycles. The van der Waals surface area contributed by atoms with Crippen LogP contribution in [0.3, 0.4) is 0 Å². The lowest BCUT2D eigenvalue weighted by Gasteiger charge is -2.12. The van der Waals surface area contributed by atoms with Crippen LogP contribution in [0.4, 0.5) is 0 Å². The Morgan fingerprint density at radius 3 is 2.95 bits per heavy atom. The smallest absolute Gasteiger partial charge is 0.339 e. The van der Waals surface area contributed by atoms with E-state index in [9.17, 15) is 9.59 Å². The lowest BCUT2D eigenvalue weighted by atomic mass is 10.1. The van der Waals surface area contributed by atoms with Gasteiger partial charge in [-0.25, -0.2) is 4.79 Å². The summed E-state index contributed by atoms with van der Waals surface area (Å²) in [6.45, 7) is 1.55. The molecule has 112 valence electrons. The van der Waals surface area contributed by atoms with E-state index in [4.69, 9.17) is 16.3 Å². The number of amides is 1. The maximum atomic E-state index is 12.2. The Hall–Kier alpha value is -1.59. The fourth-order valence-electron chi connectivity index (χ4n) is 2.81. The molecule has 1 amide bonds. The lowest BCUT2D eigenvalue weighted by molar-refractivity contribution is -0.127. The molecule has 5 nitrogen and oxygen atoms in total. The normalized spacial score (nSPS) is 26.1. The third kappa shape index (κ3) is 2.51. The van der Waals surface area contributed by atoms with Crippen molar-refractivity contribution in [3.63, 3.8) is 0 Å². The average Bonchev–Trinajstić information content (AvgIpc) is 3.07. The van der Waals surface area contributed by atoms with E-state index in [0.29, 0.717) is 36.3 Å². The van der Waals surface area contributed by atoms with Crippen molar-refractivity contribution in [3.8, 4) is 0 Å². The Bertz CT molecular complexity index is 603. The van der Waals surface area contributed by atoms with Crippen molar-refractivity contribution < 1.29 is 19.1 Å².